The Balaban J connectivity index is 2.23. The van der Waals surface area contributed by atoms with Crippen LogP contribution in [0.5, 0.6) is 17.2 Å². The van der Waals surface area contributed by atoms with Gasteiger partial charge < -0.3 is 19.9 Å². The third kappa shape index (κ3) is 2.47. The van der Waals surface area contributed by atoms with Gasteiger partial charge in [-0.25, -0.2) is 0 Å². The molecule has 0 fully saturated rings. The second kappa shape index (κ2) is 5.27. The smallest absolute Gasteiger partial charge is 0.231 e. The second-order valence-electron chi connectivity index (χ2n) is 4.21. The van der Waals surface area contributed by atoms with Crippen molar-refractivity contribution in [3.8, 4) is 17.2 Å². The average molecular weight is 237 g/mol. The van der Waals surface area contributed by atoms with E-state index in [9.17, 15) is 0 Å². The first kappa shape index (κ1) is 12.0. The normalized spacial score (nSPS) is 14.8. The molecule has 0 bridgehead atoms. The van der Waals surface area contributed by atoms with Crippen molar-refractivity contribution in [2.24, 2.45) is 5.73 Å². The summed E-state index contributed by atoms with van der Waals surface area (Å²) in [5.74, 6) is 2.10. The van der Waals surface area contributed by atoms with E-state index in [0.717, 1.165) is 30.6 Å². The Kier molecular flexibility index (Phi) is 3.74. The van der Waals surface area contributed by atoms with Gasteiger partial charge in [-0.2, -0.15) is 0 Å². The van der Waals surface area contributed by atoms with E-state index < -0.39 is 0 Å². The third-order valence-corrected chi connectivity index (χ3v) is 2.98. The molecule has 1 heterocycles. The molecule has 2 rings (SSSR count). The van der Waals surface area contributed by atoms with E-state index in [1.807, 2.05) is 12.1 Å². The lowest BCUT2D eigenvalue weighted by Crippen LogP contribution is -2.10. The molecule has 0 saturated carbocycles. The quantitative estimate of drug-likeness (QED) is 0.855. The third-order valence-electron chi connectivity index (χ3n) is 2.98. The fourth-order valence-corrected chi connectivity index (χ4v) is 1.95. The molecule has 1 aliphatic heterocycles. The molecule has 4 heteroatoms. The predicted octanol–water partition coefficient (Wildman–Crippen LogP) is 2.61. The first-order valence-electron chi connectivity index (χ1n) is 5.99. The number of nitrogens with two attached hydrogens (primary N) is 1. The van der Waals surface area contributed by atoms with Gasteiger partial charge in [-0.15, -0.1) is 0 Å². The van der Waals surface area contributed by atoms with Crippen molar-refractivity contribution in [2.75, 3.05) is 13.9 Å². The lowest BCUT2D eigenvalue weighted by Gasteiger charge is -2.14. The van der Waals surface area contributed by atoms with Crippen LogP contribution in [-0.4, -0.2) is 13.9 Å². The minimum Gasteiger partial charge on any atom is -0.493 e. The number of methoxy groups -OCH3 is 1. The summed E-state index contributed by atoms with van der Waals surface area (Å²) in [5.41, 5.74) is 7.19. The van der Waals surface area contributed by atoms with Crippen LogP contribution in [0.3, 0.4) is 0 Å². The van der Waals surface area contributed by atoms with Crippen molar-refractivity contribution in [3.05, 3.63) is 17.7 Å². The predicted molar refractivity (Wildman–Crippen MR) is 65.6 cm³/mol. The monoisotopic (exact) mass is 237 g/mol. The van der Waals surface area contributed by atoms with Gasteiger partial charge in [-0.1, -0.05) is 19.8 Å². The fraction of sp³-hybridized carbons (Fsp3) is 0.538. The van der Waals surface area contributed by atoms with Crippen LogP contribution in [0.4, 0.5) is 0 Å². The molecule has 0 aromatic heterocycles. The molecule has 0 unspecified atom stereocenters. The van der Waals surface area contributed by atoms with Crippen molar-refractivity contribution < 1.29 is 14.2 Å². The Morgan fingerprint density at radius 3 is 2.94 bits per heavy atom. The van der Waals surface area contributed by atoms with Gasteiger partial charge in [0.2, 0.25) is 12.5 Å². The van der Waals surface area contributed by atoms with E-state index >= 15 is 0 Å². The minimum absolute atomic E-state index is 0.0262. The highest BCUT2D eigenvalue weighted by molar-refractivity contribution is 5.55. The van der Waals surface area contributed by atoms with Crippen LogP contribution in [0.25, 0.3) is 0 Å². The minimum atomic E-state index is 0.0262. The average Bonchev–Trinajstić information content (AvgIpc) is 2.82. The molecule has 0 saturated heterocycles. The number of hydrogen-bond acceptors (Lipinski definition) is 4. The molecule has 1 aromatic carbocycles. The number of benzene rings is 1. The number of rotatable bonds is 5. The van der Waals surface area contributed by atoms with Crippen LogP contribution < -0.4 is 19.9 Å². The molecule has 1 aliphatic rings. The standard InChI is InChI=1S/C13H19NO3/c1-3-4-5-10(14)9-6-11(15-2)13-12(7-9)16-8-17-13/h6-7,10H,3-5,8,14H2,1-2H3/t10-/m0/s1. The number of unbranched alkanes of at least 4 members (excludes halogenated alkanes) is 1. The van der Waals surface area contributed by atoms with Crippen LogP contribution in [0.1, 0.15) is 37.8 Å². The summed E-state index contributed by atoms with van der Waals surface area (Å²) in [6.07, 6.45) is 3.24. The van der Waals surface area contributed by atoms with E-state index in [2.05, 4.69) is 6.92 Å². The van der Waals surface area contributed by atoms with E-state index in [1.54, 1.807) is 7.11 Å². The summed E-state index contributed by atoms with van der Waals surface area (Å²) in [7, 11) is 1.62. The van der Waals surface area contributed by atoms with Crippen molar-refractivity contribution in [1.29, 1.82) is 0 Å². The van der Waals surface area contributed by atoms with Gasteiger partial charge in [-0.3, -0.25) is 0 Å². The molecule has 2 N–H and O–H groups in total. The van der Waals surface area contributed by atoms with Crippen molar-refractivity contribution in [3.63, 3.8) is 0 Å². The highest BCUT2D eigenvalue weighted by atomic mass is 16.7. The first-order valence-corrected chi connectivity index (χ1v) is 5.99. The van der Waals surface area contributed by atoms with Crippen LogP contribution in [0.15, 0.2) is 12.1 Å². The summed E-state index contributed by atoms with van der Waals surface area (Å²) in [4.78, 5) is 0. The van der Waals surface area contributed by atoms with Crippen molar-refractivity contribution in [1.82, 2.24) is 0 Å². The maximum absolute atomic E-state index is 6.15. The summed E-state index contributed by atoms with van der Waals surface area (Å²) >= 11 is 0. The number of hydrogen-bond donors (Lipinski definition) is 1. The van der Waals surface area contributed by atoms with Gasteiger partial charge in [0.1, 0.15) is 0 Å². The van der Waals surface area contributed by atoms with E-state index in [-0.39, 0.29) is 12.8 Å². The number of fused-ring (bicyclic) bond motifs is 1. The molecule has 17 heavy (non-hydrogen) atoms. The molecule has 4 nitrogen and oxygen atoms in total. The summed E-state index contributed by atoms with van der Waals surface area (Å²) < 4.78 is 16.0. The summed E-state index contributed by atoms with van der Waals surface area (Å²) in [5, 5.41) is 0. The van der Waals surface area contributed by atoms with Crippen LogP contribution in [0, 0.1) is 0 Å². The lowest BCUT2D eigenvalue weighted by molar-refractivity contribution is 0.171. The van der Waals surface area contributed by atoms with Crippen LogP contribution in [-0.2, 0) is 0 Å². The Hall–Kier alpha value is -1.42. The zero-order valence-corrected chi connectivity index (χ0v) is 10.4. The Morgan fingerprint density at radius 2 is 2.24 bits per heavy atom. The van der Waals surface area contributed by atoms with Crippen molar-refractivity contribution >= 4 is 0 Å². The molecular formula is C13H19NO3. The molecule has 1 aromatic rings. The topological polar surface area (TPSA) is 53.7 Å². The van der Waals surface area contributed by atoms with Gasteiger partial charge in [0.25, 0.3) is 0 Å². The number of ether oxygens (including phenoxy) is 3. The Morgan fingerprint density at radius 1 is 1.41 bits per heavy atom. The zero-order valence-electron chi connectivity index (χ0n) is 10.4. The fourth-order valence-electron chi connectivity index (χ4n) is 1.95. The highest BCUT2D eigenvalue weighted by Crippen LogP contribution is 2.43. The van der Waals surface area contributed by atoms with Gasteiger partial charge in [0.15, 0.2) is 11.5 Å². The molecular weight excluding hydrogens is 218 g/mol. The van der Waals surface area contributed by atoms with Crippen LogP contribution >= 0.6 is 0 Å². The van der Waals surface area contributed by atoms with E-state index in [0.29, 0.717) is 11.5 Å². The molecule has 0 spiro atoms. The lowest BCUT2D eigenvalue weighted by atomic mass is 10.0. The van der Waals surface area contributed by atoms with Crippen molar-refractivity contribution in [2.45, 2.75) is 32.2 Å². The van der Waals surface area contributed by atoms with Crippen LogP contribution in [0.2, 0.25) is 0 Å². The van der Waals surface area contributed by atoms with Gasteiger partial charge in [-0.05, 0) is 24.1 Å². The Bertz CT molecular complexity index is 392. The molecule has 0 aliphatic carbocycles. The molecule has 0 radical (unpaired) electrons. The molecule has 0 amide bonds. The van der Waals surface area contributed by atoms with Gasteiger partial charge in [0, 0.05) is 6.04 Å². The maximum Gasteiger partial charge on any atom is 0.231 e. The summed E-state index contributed by atoms with van der Waals surface area (Å²) in [6.45, 7) is 2.41. The highest BCUT2D eigenvalue weighted by Gasteiger charge is 2.21. The van der Waals surface area contributed by atoms with E-state index in [4.69, 9.17) is 19.9 Å². The van der Waals surface area contributed by atoms with Gasteiger partial charge >= 0.3 is 0 Å². The SMILES string of the molecule is CCCC[C@H](N)c1cc(OC)c2c(c1)OCO2. The van der Waals surface area contributed by atoms with E-state index in [1.165, 1.54) is 0 Å². The van der Waals surface area contributed by atoms with Gasteiger partial charge in [0.05, 0.1) is 7.11 Å². The molecule has 1 atom stereocenters. The molecule has 94 valence electrons. The maximum atomic E-state index is 6.15. The Labute approximate surface area is 102 Å². The largest absolute Gasteiger partial charge is 0.493 e. The summed E-state index contributed by atoms with van der Waals surface area (Å²) in [6, 6.07) is 3.91. The zero-order chi connectivity index (χ0) is 12.3. The first-order chi connectivity index (χ1) is 8.26. The second-order valence-corrected chi connectivity index (χ2v) is 4.21.